The van der Waals surface area contributed by atoms with E-state index in [1.54, 1.807) is 14.2 Å². The van der Waals surface area contributed by atoms with Crippen molar-refractivity contribution >= 4 is 0 Å². The first kappa shape index (κ1) is 15.0. The van der Waals surface area contributed by atoms with E-state index in [9.17, 15) is 0 Å². The third-order valence-corrected chi connectivity index (χ3v) is 4.44. The van der Waals surface area contributed by atoms with Gasteiger partial charge in [0.15, 0.2) is 6.29 Å². The smallest absolute Gasteiger partial charge is 0.159 e. The molecule has 1 aliphatic rings. The summed E-state index contributed by atoms with van der Waals surface area (Å²) in [5.74, 6) is 2.31. The molecule has 2 nitrogen and oxygen atoms in total. The Balaban J connectivity index is 2.44. The topological polar surface area (TPSA) is 18.5 Å². The normalized spacial score (nSPS) is 21.7. The summed E-state index contributed by atoms with van der Waals surface area (Å²) < 4.78 is 10.7. The van der Waals surface area contributed by atoms with Crippen molar-refractivity contribution < 1.29 is 9.47 Å². The molecule has 1 saturated carbocycles. The van der Waals surface area contributed by atoms with Gasteiger partial charge in [-0.05, 0) is 18.3 Å². The molecule has 0 aromatic heterocycles. The third-order valence-electron chi connectivity index (χ3n) is 4.44. The molecule has 0 saturated heterocycles. The fourth-order valence-electron chi connectivity index (χ4n) is 3.45. The van der Waals surface area contributed by atoms with E-state index in [2.05, 4.69) is 13.8 Å². The van der Waals surface area contributed by atoms with Crippen LogP contribution in [0.5, 0.6) is 0 Å². The molecule has 1 aliphatic carbocycles. The molecule has 102 valence electrons. The molecule has 0 aromatic rings. The fourth-order valence-corrected chi connectivity index (χ4v) is 3.45. The Hall–Kier alpha value is -0.0800. The highest BCUT2D eigenvalue weighted by atomic mass is 16.7. The van der Waals surface area contributed by atoms with Gasteiger partial charge in [0.1, 0.15) is 0 Å². The van der Waals surface area contributed by atoms with Gasteiger partial charge in [0.2, 0.25) is 0 Å². The van der Waals surface area contributed by atoms with Crippen LogP contribution in [0, 0.1) is 17.8 Å². The van der Waals surface area contributed by atoms with Crippen molar-refractivity contribution in [1.29, 1.82) is 0 Å². The van der Waals surface area contributed by atoms with Crippen molar-refractivity contribution in [2.75, 3.05) is 14.2 Å². The molecule has 0 radical (unpaired) electrons. The Morgan fingerprint density at radius 2 is 1.65 bits per heavy atom. The summed E-state index contributed by atoms with van der Waals surface area (Å²) in [6, 6.07) is 0. The lowest BCUT2D eigenvalue weighted by molar-refractivity contribution is -0.138. The molecular weight excluding hydrogens is 212 g/mol. The zero-order valence-electron chi connectivity index (χ0n) is 12.1. The molecule has 2 heteroatoms. The minimum atomic E-state index is -0.0346. The number of ether oxygens (including phenoxy) is 2. The Labute approximate surface area is 107 Å². The second-order valence-electron chi connectivity index (χ2n) is 5.62. The summed E-state index contributed by atoms with van der Waals surface area (Å²) in [6.07, 6.45) is 9.71. The fraction of sp³-hybridized carbons (Fsp3) is 1.00. The number of hydrogen-bond donors (Lipinski definition) is 0. The standard InChI is InChI=1S/C15H30O2/c1-5-13(14-9-7-6-8-10-14)11-12(2)15(16-3)17-4/h12-15H,5-11H2,1-4H3. The van der Waals surface area contributed by atoms with Crippen molar-refractivity contribution in [2.24, 2.45) is 17.8 Å². The van der Waals surface area contributed by atoms with Gasteiger partial charge in [-0.25, -0.2) is 0 Å². The predicted molar refractivity (Wildman–Crippen MR) is 71.9 cm³/mol. The van der Waals surface area contributed by atoms with E-state index in [1.165, 1.54) is 44.9 Å². The predicted octanol–water partition coefficient (Wildman–Crippen LogP) is 4.24. The van der Waals surface area contributed by atoms with Crippen LogP contribution in [0.15, 0.2) is 0 Å². The van der Waals surface area contributed by atoms with Gasteiger partial charge < -0.3 is 9.47 Å². The van der Waals surface area contributed by atoms with Crippen molar-refractivity contribution in [2.45, 2.75) is 65.1 Å². The average molecular weight is 242 g/mol. The molecule has 0 spiro atoms. The summed E-state index contributed by atoms with van der Waals surface area (Å²) in [7, 11) is 3.48. The van der Waals surface area contributed by atoms with Crippen LogP contribution >= 0.6 is 0 Å². The van der Waals surface area contributed by atoms with Gasteiger partial charge in [0.05, 0.1) is 0 Å². The maximum absolute atomic E-state index is 5.37. The zero-order valence-corrected chi connectivity index (χ0v) is 12.1. The Morgan fingerprint density at radius 1 is 1.06 bits per heavy atom. The third kappa shape index (κ3) is 4.59. The Kier molecular flexibility index (Phi) is 7.14. The average Bonchev–Trinajstić information content (AvgIpc) is 2.38. The lowest BCUT2D eigenvalue weighted by Crippen LogP contribution is -2.27. The zero-order chi connectivity index (χ0) is 12.7. The summed E-state index contributed by atoms with van der Waals surface area (Å²) in [5.41, 5.74) is 0. The Morgan fingerprint density at radius 3 is 2.12 bits per heavy atom. The summed E-state index contributed by atoms with van der Waals surface area (Å²) in [6.45, 7) is 4.59. The number of rotatable bonds is 7. The summed E-state index contributed by atoms with van der Waals surface area (Å²) >= 11 is 0. The maximum Gasteiger partial charge on any atom is 0.159 e. The van der Waals surface area contributed by atoms with Gasteiger partial charge in [-0.3, -0.25) is 0 Å². The molecule has 2 unspecified atom stereocenters. The number of hydrogen-bond acceptors (Lipinski definition) is 2. The van der Waals surface area contributed by atoms with Gasteiger partial charge in [-0.2, -0.15) is 0 Å². The van der Waals surface area contributed by atoms with Crippen molar-refractivity contribution in [3.8, 4) is 0 Å². The second kappa shape index (κ2) is 8.10. The van der Waals surface area contributed by atoms with E-state index < -0.39 is 0 Å². The molecule has 0 aromatic carbocycles. The van der Waals surface area contributed by atoms with Crippen molar-refractivity contribution in [3.63, 3.8) is 0 Å². The van der Waals surface area contributed by atoms with Crippen LogP contribution in [0.4, 0.5) is 0 Å². The van der Waals surface area contributed by atoms with Crippen LogP contribution in [-0.2, 0) is 9.47 Å². The van der Waals surface area contributed by atoms with E-state index in [1.807, 2.05) is 0 Å². The minimum absolute atomic E-state index is 0.0346. The lowest BCUT2D eigenvalue weighted by Gasteiger charge is -2.33. The quantitative estimate of drug-likeness (QED) is 0.622. The van der Waals surface area contributed by atoms with Crippen LogP contribution in [0.25, 0.3) is 0 Å². The highest BCUT2D eigenvalue weighted by molar-refractivity contribution is 4.75. The monoisotopic (exact) mass is 242 g/mol. The first-order chi connectivity index (χ1) is 8.22. The second-order valence-corrected chi connectivity index (χ2v) is 5.62. The lowest BCUT2D eigenvalue weighted by atomic mass is 9.75. The van der Waals surface area contributed by atoms with E-state index in [0.29, 0.717) is 5.92 Å². The molecule has 0 aliphatic heterocycles. The van der Waals surface area contributed by atoms with Crippen molar-refractivity contribution in [1.82, 2.24) is 0 Å². The molecule has 0 heterocycles. The van der Waals surface area contributed by atoms with Crippen LogP contribution in [0.2, 0.25) is 0 Å². The van der Waals surface area contributed by atoms with Crippen LogP contribution in [0.1, 0.15) is 58.8 Å². The SMILES string of the molecule is CCC(CC(C)C(OC)OC)C1CCCCC1. The molecule has 0 amide bonds. The molecule has 17 heavy (non-hydrogen) atoms. The molecule has 0 N–H and O–H groups in total. The van der Waals surface area contributed by atoms with E-state index >= 15 is 0 Å². The van der Waals surface area contributed by atoms with Crippen LogP contribution in [0.3, 0.4) is 0 Å². The highest BCUT2D eigenvalue weighted by Gasteiger charge is 2.26. The van der Waals surface area contributed by atoms with Gasteiger partial charge in [-0.1, -0.05) is 52.4 Å². The maximum atomic E-state index is 5.37. The Bertz CT molecular complexity index is 183. The van der Waals surface area contributed by atoms with Crippen LogP contribution in [-0.4, -0.2) is 20.5 Å². The summed E-state index contributed by atoms with van der Waals surface area (Å²) in [5, 5.41) is 0. The van der Waals surface area contributed by atoms with E-state index in [-0.39, 0.29) is 6.29 Å². The highest BCUT2D eigenvalue weighted by Crippen LogP contribution is 2.35. The van der Waals surface area contributed by atoms with Gasteiger partial charge in [0.25, 0.3) is 0 Å². The molecule has 0 bridgehead atoms. The van der Waals surface area contributed by atoms with Gasteiger partial charge in [-0.15, -0.1) is 0 Å². The first-order valence-electron chi connectivity index (χ1n) is 7.28. The first-order valence-corrected chi connectivity index (χ1v) is 7.28. The van der Waals surface area contributed by atoms with E-state index in [4.69, 9.17) is 9.47 Å². The van der Waals surface area contributed by atoms with Gasteiger partial charge in [0, 0.05) is 20.1 Å². The molecule has 1 fully saturated rings. The largest absolute Gasteiger partial charge is 0.356 e. The summed E-state index contributed by atoms with van der Waals surface area (Å²) in [4.78, 5) is 0. The van der Waals surface area contributed by atoms with E-state index in [0.717, 1.165) is 11.8 Å². The molecule has 2 atom stereocenters. The molecular formula is C15H30O2. The number of methoxy groups -OCH3 is 2. The van der Waals surface area contributed by atoms with Crippen LogP contribution < -0.4 is 0 Å². The molecule has 1 rings (SSSR count). The van der Waals surface area contributed by atoms with Gasteiger partial charge >= 0.3 is 0 Å². The minimum Gasteiger partial charge on any atom is -0.356 e. The van der Waals surface area contributed by atoms with Crippen molar-refractivity contribution in [3.05, 3.63) is 0 Å².